The van der Waals surface area contributed by atoms with E-state index in [0.717, 1.165) is 17.4 Å². The number of carbonyl (C=O) groups excluding carboxylic acids is 2. The number of nitrogens with one attached hydrogen (secondary N) is 1. The normalized spacial score (nSPS) is 15.5. The molecule has 1 heterocycles. The van der Waals surface area contributed by atoms with Gasteiger partial charge in [0.05, 0.1) is 5.25 Å². The number of amides is 1. The van der Waals surface area contributed by atoms with E-state index < -0.39 is 0 Å². The molecule has 2 rings (SSSR count). The molecule has 0 radical (unpaired) electrons. The number of nitrogens with zero attached hydrogens (tertiary/aromatic N) is 1. The van der Waals surface area contributed by atoms with E-state index in [4.69, 9.17) is 12.2 Å². The van der Waals surface area contributed by atoms with Gasteiger partial charge in [-0.05, 0) is 38.8 Å². The average molecular weight is 336 g/mol. The summed E-state index contributed by atoms with van der Waals surface area (Å²) in [6, 6.07) is 6.97. The molecule has 1 aliphatic rings. The summed E-state index contributed by atoms with van der Waals surface area (Å²) in [6.45, 7) is 5.33. The minimum atomic E-state index is -0.269. The number of benzene rings is 1. The second kappa shape index (κ2) is 7.74. The quantitative estimate of drug-likeness (QED) is 0.675. The first-order chi connectivity index (χ1) is 10.5. The number of hydrogen-bond acceptors (Lipinski definition) is 4. The van der Waals surface area contributed by atoms with E-state index in [-0.39, 0.29) is 16.9 Å². The molecule has 1 aromatic rings. The molecule has 0 aliphatic carbocycles. The number of hydrogen-bond donors (Lipinski definition) is 1. The van der Waals surface area contributed by atoms with Gasteiger partial charge in [-0.25, -0.2) is 0 Å². The van der Waals surface area contributed by atoms with Gasteiger partial charge in [0.25, 0.3) is 0 Å². The van der Waals surface area contributed by atoms with Crippen molar-refractivity contribution in [1.29, 1.82) is 0 Å². The highest BCUT2D eigenvalue weighted by molar-refractivity contribution is 8.23. The Morgan fingerprint density at radius 2 is 2.00 bits per heavy atom. The Hall–Kier alpha value is -1.40. The van der Waals surface area contributed by atoms with Crippen LogP contribution in [0.5, 0.6) is 0 Å². The van der Waals surface area contributed by atoms with Crippen molar-refractivity contribution in [3.8, 4) is 0 Å². The summed E-state index contributed by atoms with van der Waals surface area (Å²) >= 11 is 6.81. The van der Waals surface area contributed by atoms with Gasteiger partial charge in [0.2, 0.25) is 5.91 Å². The fourth-order valence-corrected chi connectivity index (χ4v) is 3.65. The maximum Gasteiger partial charge on any atom is 0.237 e. The highest BCUT2D eigenvalue weighted by Gasteiger charge is 2.21. The van der Waals surface area contributed by atoms with Crippen molar-refractivity contribution in [1.82, 2.24) is 4.90 Å². The summed E-state index contributed by atoms with van der Waals surface area (Å²) in [6.07, 6.45) is 2.33. The Bertz CT molecular complexity index is 583. The molecular formula is C16H20N2O2S2. The van der Waals surface area contributed by atoms with Crippen LogP contribution < -0.4 is 5.32 Å². The van der Waals surface area contributed by atoms with Gasteiger partial charge in [0, 0.05) is 24.3 Å². The van der Waals surface area contributed by atoms with E-state index in [9.17, 15) is 9.59 Å². The van der Waals surface area contributed by atoms with Gasteiger partial charge in [-0.2, -0.15) is 0 Å². The number of Topliss-reactive ketones (excluding diaryl/α,β-unsaturated/α-hetero) is 1. The van der Waals surface area contributed by atoms with E-state index in [1.807, 2.05) is 6.92 Å². The van der Waals surface area contributed by atoms with Crippen molar-refractivity contribution < 1.29 is 9.59 Å². The Morgan fingerprint density at radius 1 is 1.32 bits per heavy atom. The van der Waals surface area contributed by atoms with Crippen LogP contribution in [0.25, 0.3) is 0 Å². The Balaban J connectivity index is 1.92. The SMILES string of the molecule is CC(=O)c1cccc(NC(=O)C(C)SC(=S)N2CCCC2)c1. The van der Waals surface area contributed by atoms with Gasteiger partial charge in [-0.3, -0.25) is 9.59 Å². The third-order valence-corrected chi connectivity index (χ3v) is 5.12. The van der Waals surface area contributed by atoms with E-state index in [2.05, 4.69) is 10.2 Å². The van der Waals surface area contributed by atoms with E-state index in [0.29, 0.717) is 11.3 Å². The van der Waals surface area contributed by atoms with E-state index in [1.54, 1.807) is 24.3 Å². The standard InChI is InChI=1S/C16H20N2O2S2/c1-11(19)13-6-5-7-14(10-13)17-15(20)12(2)22-16(21)18-8-3-4-9-18/h5-7,10,12H,3-4,8-9H2,1-2H3,(H,17,20). The molecule has 0 saturated carbocycles. The van der Waals surface area contributed by atoms with Crippen LogP contribution in [-0.2, 0) is 4.79 Å². The summed E-state index contributed by atoms with van der Waals surface area (Å²) in [4.78, 5) is 25.8. The first kappa shape index (κ1) is 17.0. The fourth-order valence-electron chi connectivity index (χ4n) is 2.24. The van der Waals surface area contributed by atoms with Crippen LogP contribution in [0.15, 0.2) is 24.3 Å². The second-order valence-corrected chi connectivity index (χ2v) is 7.32. The van der Waals surface area contributed by atoms with Gasteiger partial charge in [-0.15, -0.1) is 0 Å². The average Bonchev–Trinajstić information content (AvgIpc) is 3.01. The molecule has 22 heavy (non-hydrogen) atoms. The highest BCUT2D eigenvalue weighted by Crippen LogP contribution is 2.21. The Morgan fingerprint density at radius 3 is 2.64 bits per heavy atom. The topological polar surface area (TPSA) is 49.4 Å². The molecule has 0 spiro atoms. The zero-order valence-electron chi connectivity index (χ0n) is 12.8. The Labute approximate surface area is 140 Å². The predicted octanol–water partition coefficient (Wildman–Crippen LogP) is 3.33. The van der Waals surface area contributed by atoms with Crippen LogP contribution >= 0.6 is 24.0 Å². The van der Waals surface area contributed by atoms with Gasteiger partial charge < -0.3 is 10.2 Å². The highest BCUT2D eigenvalue weighted by atomic mass is 32.2. The van der Waals surface area contributed by atoms with Gasteiger partial charge in [0.1, 0.15) is 4.32 Å². The van der Waals surface area contributed by atoms with Crippen molar-refractivity contribution in [2.75, 3.05) is 18.4 Å². The molecular weight excluding hydrogens is 316 g/mol. The minimum Gasteiger partial charge on any atom is -0.358 e. The third kappa shape index (κ3) is 4.55. The minimum absolute atomic E-state index is 0.0197. The summed E-state index contributed by atoms with van der Waals surface area (Å²) in [5.74, 6) is -0.124. The molecule has 4 nitrogen and oxygen atoms in total. The Kier molecular flexibility index (Phi) is 5.97. The van der Waals surface area contributed by atoms with Gasteiger partial charge >= 0.3 is 0 Å². The lowest BCUT2D eigenvalue weighted by atomic mass is 10.1. The molecule has 1 fully saturated rings. The molecule has 0 bridgehead atoms. The molecule has 1 atom stereocenters. The van der Waals surface area contributed by atoms with Crippen LogP contribution in [0, 0.1) is 0 Å². The molecule has 1 amide bonds. The number of thioether (sulfide) groups is 1. The lowest BCUT2D eigenvalue weighted by Gasteiger charge is -2.20. The van der Waals surface area contributed by atoms with Crippen molar-refractivity contribution >= 4 is 45.7 Å². The zero-order valence-corrected chi connectivity index (χ0v) is 14.4. The van der Waals surface area contributed by atoms with Crippen molar-refractivity contribution in [2.45, 2.75) is 31.9 Å². The third-order valence-electron chi connectivity index (χ3n) is 3.55. The summed E-state index contributed by atoms with van der Waals surface area (Å²) < 4.78 is 0.789. The maximum atomic E-state index is 12.2. The molecule has 0 aromatic heterocycles. The molecule has 6 heteroatoms. The largest absolute Gasteiger partial charge is 0.358 e. The lowest BCUT2D eigenvalue weighted by molar-refractivity contribution is -0.115. The van der Waals surface area contributed by atoms with E-state index >= 15 is 0 Å². The number of carbonyl (C=O) groups is 2. The smallest absolute Gasteiger partial charge is 0.237 e. The number of anilines is 1. The molecule has 118 valence electrons. The molecule has 1 aliphatic heterocycles. The summed E-state index contributed by atoms with van der Waals surface area (Å²) in [7, 11) is 0. The van der Waals surface area contributed by atoms with Crippen molar-refractivity contribution in [3.63, 3.8) is 0 Å². The first-order valence-electron chi connectivity index (χ1n) is 7.35. The van der Waals surface area contributed by atoms with Crippen molar-refractivity contribution in [3.05, 3.63) is 29.8 Å². The lowest BCUT2D eigenvalue weighted by Crippen LogP contribution is -2.29. The fraction of sp³-hybridized carbons (Fsp3) is 0.438. The molecule has 1 saturated heterocycles. The molecule has 1 unspecified atom stereocenters. The molecule has 1 N–H and O–H groups in total. The van der Waals surface area contributed by atoms with Crippen LogP contribution in [0.4, 0.5) is 5.69 Å². The van der Waals surface area contributed by atoms with E-state index in [1.165, 1.54) is 31.5 Å². The van der Waals surface area contributed by atoms with Crippen molar-refractivity contribution in [2.24, 2.45) is 0 Å². The number of likely N-dealkylation sites (tertiary alicyclic amines) is 1. The van der Waals surface area contributed by atoms with Crippen LogP contribution in [-0.4, -0.2) is 39.3 Å². The monoisotopic (exact) mass is 336 g/mol. The summed E-state index contributed by atoms with van der Waals surface area (Å²) in [5.41, 5.74) is 1.22. The maximum absolute atomic E-state index is 12.2. The number of thiocarbonyl (C=S) groups is 1. The van der Waals surface area contributed by atoms with Crippen LogP contribution in [0.3, 0.4) is 0 Å². The number of rotatable bonds is 4. The predicted molar refractivity (Wildman–Crippen MR) is 95.5 cm³/mol. The number of ketones is 1. The second-order valence-electron chi connectivity index (χ2n) is 5.35. The van der Waals surface area contributed by atoms with Crippen LogP contribution in [0.2, 0.25) is 0 Å². The summed E-state index contributed by atoms with van der Waals surface area (Å²) in [5, 5.41) is 2.57. The van der Waals surface area contributed by atoms with Crippen LogP contribution in [0.1, 0.15) is 37.0 Å². The zero-order chi connectivity index (χ0) is 16.1. The molecule has 1 aromatic carbocycles. The van der Waals surface area contributed by atoms with Gasteiger partial charge in [-0.1, -0.05) is 36.1 Å². The first-order valence-corrected chi connectivity index (χ1v) is 8.63. The van der Waals surface area contributed by atoms with Gasteiger partial charge in [0.15, 0.2) is 5.78 Å².